The van der Waals surface area contributed by atoms with Crippen molar-refractivity contribution in [2.75, 3.05) is 21.3 Å². The molecule has 99 valence electrons. The zero-order valence-corrected chi connectivity index (χ0v) is 11.1. The molecule has 2 aromatic carbocycles. The molecular formula is C15H15O4. The van der Waals surface area contributed by atoms with Gasteiger partial charge in [0.15, 0.2) is 0 Å². The second-order valence-corrected chi connectivity index (χ2v) is 3.87. The first kappa shape index (κ1) is 13.1. The first-order valence-electron chi connectivity index (χ1n) is 5.70. The van der Waals surface area contributed by atoms with E-state index in [1.54, 1.807) is 38.5 Å². The SMILES string of the molecule is COc1[c]cc(-c2c(O)cc(OC)cc2OC)cc1. The van der Waals surface area contributed by atoms with Gasteiger partial charge in [0.25, 0.3) is 0 Å². The van der Waals surface area contributed by atoms with E-state index in [0.717, 1.165) is 5.56 Å². The van der Waals surface area contributed by atoms with Crippen LogP contribution in [-0.4, -0.2) is 26.4 Å². The van der Waals surface area contributed by atoms with Crippen molar-refractivity contribution in [3.63, 3.8) is 0 Å². The quantitative estimate of drug-likeness (QED) is 0.917. The highest BCUT2D eigenvalue weighted by molar-refractivity contribution is 5.78. The molecule has 4 heteroatoms. The van der Waals surface area contributed by atoms with E-state index in [-0.39, 0.29) is 5.75 Å². The van der Waals surface area contributed by atoms with E-state index in [2.05, 4.69) is 6.07 Å². The Balaban J connectivity index is 2.53. The number of benzene rings is 2. The summed E-state index contributed by atoms with van der Waals surface area (Å²) < 4.78 is 15.5. The molecule has 0 fully saturated rings. The molecule has 4 nitrogen and oxygen atoms in total. The van der Waals surface area contributed by atoms with Crippen LogP contribution in [0.5, 0.6) is 23.0 Å². The number of phenolic OH excluding ortho intramolecular Hbond substituents is 1. The minimum Gasteiger partial charge on any atom is -0.507 e. The molecule has 0 saturated heterocycles. The van der Waals surface area contributed by atoms with Crippen LogP contribution in [0.1, 0.15) is 0 Å². The summed E-state index contributed by atoms with van der Waals surface area (Å²) in [6, 6.07) is 11.6. The molecule has 0 saturated carbocycles. The van der Waals surface area contributed by atoms with Crippen LogP contribution in [0.3, 0.4) is 0 Å². The minimum atomic E-state index is 0.0924. The van der Waals surface area contributed by atoms with E-state index in [1.165, 1.54) is 7.11 Å². The van der Waals surface area contributed by atoms with Crippen LogP contribution in [0.15, 0.2) is 30.3 Å². The van der Waals surface area contributed by atoms with E-state index in [4.69, 9.17) is 14.2 Å². The van der Waals surface area contributed by atoms with Gasteiger partial charge in [-0.05, 0) is 17.7 Å². The fourth-order valence-electron chi connectivity index (χ4n) is 1.84. The normalized spacial score (nSPS) is 10.1. The van der Waals surface area contributed by atoms with Crippen LogP contribution in [0, 0.1) is 6.07 Å². The van der Waals surface area contributed by atoms with Gasteiger partial charge in [-0.3, -0.25) is 0 Å². The molecule has 1 radical (unpaired) electrons. The Morgan fingerprint density at radius 3 is 2.32 bits per heavy atom. The van der Waals surface area contributed by atoms with Gasteiger partial charge in [-0.1, -0.05) is 6.07 Å². The number of aromatic hydroxyl groups is 1. The van der Waals surface area contributed by atoms with Crippen molar-refractivity contribution in [1.82, 2.24) is 0 Å². The van der Waals surface area contributed by atoms with Crippen molar-refractivity contribution in [1.29, 1.82) is 0 Å². The molecule has 0 amide bonds. The number of phenols is 1. The number of hydrogen-bond acceptors (Lipinski definition) is 4. The maximum absolute atomic E-state index is 10.1. The van der Waals surface area contributed by atoms with E-state index in [0.29, 0.717) is 22.8 Å². The predicted octanol–water partition coefficient (Wildman–Crippen LogP) is 2.89. The molecule has 0 heterocycles. The van der Waals surface area contributed by atoms with Crippen molar-refractivity contribution in [2.45, 2.75) is 0 Å². The molecule has 0 aliphatic heterocycles. The zero-order chi connectivity index (χ0) is 13.8. The third-order valence-corrected chi connectivity index (χ3v) is 2.80. The van der Waals surface area contributed by atoms with E-state index >= 15 is 0 Å². The summed E-state index contributed by atoms with van der Waals surface area (Å²) in [6.07, 6.45) is 0. The molecule has 2 aromatic rings. The Bertz CT molecular complexity index is 561. The third-order valence-electron chi connectivity index (χ3n) is 2.80. The second-order valence-electron chi connectivity index (χ2n) is 3.87. The van der Waals surface area contributed by atoms with Crippen LogP contribution < -0.4 is 14.2 Å². The minimum absolute atomic E-state index is 0.0924. The van der Waals surface area contributed by atoms with Crippen molar-refractivity contribution < 1.29 is 19.3 Å². The summed E-state index contributed by atoms with van der Waals surface area (Å²) in [5.41, 5.74) is 1.39. The Kier molecular flexibility index (Phi) is 3.80. The van der Waals surface area contributed by atoms with Crippen LogP contribution in [0.25, 0.3) is 11.1 Å². The number of hydrogen-bond donors (Lipinski definition) is 1. The smallest absolute Gasteiger partial charge is 0.134 e. The molecule has 0 unspecified atom stereocenters. The summed E-state index contributed by atoms with van der Waals surface area (Å²) in [5, 5.41) is 10.1. The number of ether oxygens (including phenoxy) is 3. The largest absolute Gasteiger partial charge is 0.507 e. The Labute approximate surface area is 112 Å². The standard InChI is InChI=1S/C15H15O4/c1-17-11-6-4-10(5-7-11)15-13(16)8-12(18-2)9-14(15)19-3/h4-6,8-9,16H,1-3H3. The van der Waals surface area contributed by atoms with E-state index < -0.39 is 0 Å². The third kappa shape index (κ3) is 2.57. The van der Waals surface area contributed by atoms with Crippen molar-refractivity contribution >= 4 is 0 Å². The molecule has 1 N–H and O–H groups in total. The van der Waals surface area contributed by atoms with Gasteiger partial charge in [-0.25, -0.2) is 0 Å². The highest BCUT2D eigenvalue weighted by Crippen LogP contribution is 2.41. The monoisotopic (exact) mass is 259 g/mol. The average molecular weight is 259 g/mol. The van der Waals surface area contributed by atoms with Crippen molar-refractivity contribution in [2.24, 2.45) is 0 Å². The summed E-state index contributed by atoms with van der Waals surface area (Å²) in [7, 11) is 4.66. The molecular weight excluding hydrogens is 244 g/mol. The lowest BCUT2D eigenvalue weighted by Gasteiger charge is -2.13. The molecule has 0 atom stereocenters. The highest BCUT2D eigenvalue weighted by atomic mass is 16.5. The van der Waals surface area contributed by atoms with Crippen LogP contribution in [0.2, 0.25) is 0 Å². The van der Waals surface area contributed by atoms with Gasteiger partial charge in [0.2, 0.25) is 0 Å². The molecule has 19 heavy (non-hydrogen) atoms. The Morgan fingerprint density at radius 2 is 1.79 bits per heavy atom. The van der Waals surface area contributed by atoms with Gasteiger partial charge < -0.3 is 19.3 Å². The first-order chi connectivity index (χ1) is 9.19. The van der Waals surface area contributed by atoms with Gasteiger partial charge in [0.1, 0.15) is 23.0 Å². The summed E-state index contributed by atoms with van der Waals surface area (Å²) >= 11 is 0. The molecule has 0 aliphatic rings. The fourth-order valence-corrected chi connectivity index (χ4v) is 1.84. The van der Waals surface area contributed by atoms with Gasteiger partial charge >= 0.3 is 0 Å². The van der Waals surface area contributed by atoms with Crippen LogP contribution in [-0.2, 0) is 0 Å². The summed E-state index contributed by atoms with van der Waals surface area (Å²) in [5.74, 6) is 1.80. The van der Waals surface area contributed by atoms with E-state index in [1.807, 2.05) is 6.07 Å². The second kappa shape index (κ2) is 5.52. The van der Waals surface area contributed by atoms with Crippen LogP contribution in [0.4, 0.5) is 0 Å². The summed E-state index contributed by atoms with van der Waals surface area (Å²) in [6.45, 7) is 0. The predicted molar refractivity (Wildman–Crippen MR) is 72.0 cm³/mol. The molecule has 0 bridgehead atoms. The van der Waals surface area contributed by atoms with Gasteiger partial charge in [0, 0.05) is 18.2 Å². The number of rotatable bonds is 4. The summed E-state index contributed by atoms with van der Waals surface area (Å²) in [4.78, 5) is 0. The number of methoxy groups -OCH3 is 3. The first-order valence-corrected chi connectivity index (χ1v) is 5.70. The fraction of sp³-hybridized carbons (Fsp3) is 0.200. The molecule has 0 aromatic heterocycles. The Hall–Kier alpha value is -2.36. The highest BCUT2D eigenvalue weighted by Gasteiger charge is 2.14. The molecule has 0 aliphatic carbocycles. The van der Waals surface area contributed by atoms with Crippen molar-refractivity contribution in [3.05, 3.63) is 36.4 Å². The topological polar surface area (TPSA) is 47.9 Å². The van der Waals surface area contributed by atoms with Gasteiger partial charge in [0.05, 0.1) is 26.9 Å². The van der Waals surface area contributed by atoms with Crippen molar-refractivity contribution in [3.8, 4) is 34.1 Å². The lowest BCUT2D eigenvalue weighted by atomic mass is 10.0. The van der Waals surface area contributed by atoms with Gasteiger partial charge in [-0.2, -0.15) is 0 Å². The maximum Gasteiger partial charge on any atom is 0.134 e. The lowest BCUT2D eigenvalue weighted by molar-refractivity contribution is 0.386. The Morgan fingerprint density at radius 1 is 1.00 bits per heavy atom. The zero-order valence-electron chi connectivity index (χ0n) is 11.1. The lowest BCUT2D eigenvalue weighted by Crippen LogP contribution is -1.92. The van der Waals surface area contributed by atoms with Crippen LogP contribution >= 0.6 is 0 Å². The maximum atomic E-state index is 10.1. The molecule has 0 spiro atoms. The van der Waals surface area contributed by atoms with Gasteiger partial charge in [-0.15, -0.1) is 0 Å². The molecule has 2 rings (SSSR count). The average Bonchev–Trinajstić information content (AvgIpc) is 2.46. The van der Waals surface area contributed by atoms with E-state index in [9.17, 15) is 5.11 Å².